The fraction of sp³-hybridized carbons (Fsp3) is 0.720. The van der Waals surface area contributed by atoms with Gasteiger partial charge < -0.3 is 9.84 Å². The third-order valence-corrected chi connectivity index (χ3v) is 4.42. The summed E-state index contributed by atoms with van der Waals surface area (Å²) in [4.78, 5) is 21.3. The van der Waals surface area contributed by atoms with Crippen molar-refractivity contribution in [1.82, 2.24) is 0 Å². The summed E-state index contributed by atoms with van der Waals surface area (Å²) in [6.45, 7) is 7.88. The molecule has 0 aromatic carbocycles. The van der Waals surface area contributed by atoms with Crippen molar-refractivity contribution in [2.75, 3.05) is 19.8 Å². The van der Waals surface area contributed by atoms with Gasteiger partial charge in [-0.25, -0.2) is 9.78 Å². The Bertz CT molecular complexity index is 470. The first-order valence-electron chi connectivity index (χ1n) is 11.6. The second-order valence-electron chi connectivity index (χ2n) is 7.82. The van der Waals surface area contributed by atoms with Gasteiger partial charge in [-0.2, -0.15) is 0 Å². The fourth-order valence-corrected chi connectivity index (χ4v) is 2.66. The Hall–Kier alpha value is -1.43. The zero-order valence-corrected chi connectivity index (χ0v) is 19.3. The van der Waals surface area contributed by atoms with E-state index < -0.39 is 6.10 Å². The van der Waals surface area contributed by atoms with Gasteiger partial charge in [0, 0.05) is 6.42 Å². The number of esters is 1. The summed E-state index contributed by atoms with van der Waals surface area (Å²) in [6.07, 6.45) is 21.2. The largest absolute Gasteiger partial charge is 0.463 e. The Morgan fingerprint density at radius 3 is 2.20 bits per heavy atom. The van der Waals surface area contributed by atoms with Gasteiger partial charge in [0.1, 0.15) is 25.9 Å². The molecule has 1 N–H and O–H groups in total. The molecule has 0 saturated heterocycles. The summed E-state index contributed by atoms with van der Waals surface area (Å²) in [5.74, 6) is -0.275. The highest BCUT2D eigenvalue weighted by molar-refractivity contribution is 5.69. The summed E-state index contributed by atoms with van der Waals surface area (Å²) in [5.41, 5.74) is 0.827. The van der Waals surface area contributed by atoms with Gasteiger partial charge in [0.15, 0.2) is 0 Å². The molecule has 0 aliphatic heterocycles. The third kappa shape index (κ3) is 22.9. The van der Waals surface area contributed by atoms with E-state index >= 15 is 0 Å². The van der Waals surface area contributed by atoms with E-state index in [1.54, 1.807) is 0 Å². The summed E-state index contributed by atoms with van der Waals surface area (Å²) < 4.78 is 5.04. The molecule has 1 unspecified atom stereocenters. The highest BCUT2D eigenvalue weighted by Gasteiger charge is 2.09. The number of hydrogen-bond donors (Lipinski definition) is 1. The van der Waals surface area contributed by atoms with Gasteiger partial charge in [-0.3, -0.25) is 4.79 Å². The smallest absolute Gasteiger partial charge is 0.305 e. The normalized spacial score (nSPS) is 12.6. The van der Waals surface area contributed by atoms with E-state index in [9.17, 15) is 9.90 Å². The molecule has 30 heavy (non-hydrogen) atoms. The number of allylic oxidation sites excluding steroid dienone is 4. The number of hydrogen-bond acceptors (Lipinski definition) is 5. The van der Waals surface area contributed by atoms with Gasteiger partial charge >= 0.3 is 5.97 Å². The molecule has 0 aliphatic carbocycles. The molecule has 0 aromatic heterocycles. The van der Waals surface area contributed by atoms with Gasteiger partial charge in [-0.1, -0.05) is 75.5 Å². The Labute approximate surface area is 184 Å². The molecule has 0 saturated carbocycles. The number of rotatable bonds is 21. The number of ether oxygens (including phenoxy) is 1. The molecule has 0 amide bonds. The molecular formula is C25H44O5. The van der Waals surface area contributed by atoms with Crippen LogP contribution >= 0.6 is 0 Å². The van der Waals surface area contributed by atoms with Crippen LogP contribution < -0.4 is 0 Å². The first-order chi connectivity index (χ1) is 14.6. The van der Waals surface area contributed by atoms with E-state index in [2.05, 4.69) is 37.8 Å². The highest BCUT2D eigenvalue weighted by atomic mass is 17.2. The predicted octanol–water partition coefficient (Wildman–Crippen LogP) is 6.23. The number of carbonyl (C=O) groups excluding carboxylic acids is 1. The van der Waals surface area contributed by atoms with Gasteiger partial charge in [-0.15, -0.1) is 0 Å². The zero-order valence-electron chi connectivity index (χ0n) is 19.3. The molecule has 0 aromatic rings. The van der Waals surface area contributed by atoms with Crippen LogP contribution in [0, 0.1) is 0 Å². The SMILES string of the molecule is C=C(C)COOCC(O)COC(=O)CCCCCCC/C=C/C/C=C/CCCCC. The third-order valence-electron chi connectivity index (χ3n) is 4.42. The monoisotopic (exact) mass is 424 g/mol. The molecule has 0 heterocycles. The van der Waals surface area contributed by atoms with Crippen LogP contribution in [0.25, 0.3) is 0 Å². The van der Waals surface area contributed by atoms with Crippen molar-refractivity contribution in [3.63, 3.8) is 0 Å². The quantitative estimate of drug-likeness (QED) is 0.0778. The lowest BCUT2D eigenvalue weighted by Crippen LogP contribution is -2.24. The van der Waals surface area contributed by atoms with E-state index in [1.165, 1.54) is 38.5 Å². The minimum Gasteiger partial charge on any atom is -0.463 e. The maximum atomic E-state index is 11.7. The molecule has 5 nitrogen and oxygen atoms in total. The van der Waals surface area contributed by atoms with Gasteiger partial charge in [0.05, 0.1) is 0 Å². The minimum absolute atomic E-state index is 0.0374. The Balaban J connectivity index is 3.40. The second-order valence-corrected chi connectivity index (χ2v) is 7.82. The van der Waals surface area contributed by atoms with Crippen LogP contribution in [0.1, 0.15) is 90.9 Å². The van der Waals surface area contributed by atoms with Crippen molar-refractivity contribution < 1.29 is 24.4 Å². The maximum absolute atomic E-state index is 11.7. The minimum atomic E-state index is -0.885. The van der Waals surface area contributed by atoms with Crippen LogP contribution in [-0.2, 0) is 19.3 Å². The van der Waals surface area contributed by atoms with Crippen LogP contribution in [-0.4, -0.2) is 37.0 Å². The van der Waals surface area contributed by atoms with E-state index in [-0.39, 0.29) is 25.8 Å². The van der Waals surface area contributed by atoms with Crippen LogP contribution in [0.5, 0.6) is 0 Å². The van der Waals surface area contributed by atoms with E-state index in [4.69, 9.17) is 14.5 Å². The van der Waals surface area contributed by atoms with Crippen LogP contribution in [0.2, 0.25) is 0 Å². The summed E-state index contributed by atoms with van der Waals surface area (Å²) in [6, 6.07) is 0. The lowest BCUT2D eigenvalue weighted by atomic mass is 10.1. The van der Waals surface area contributed by atoms with Gasteiger partial charge in [-0.05, 0) is 45.4 Å². The van der Waals surface area contributed by atoms with E-state index in [0.717, 1.165) is 37.7 Å². The summed E-state index contributed by atoms with van der Waals surface area (Å²) in [5, 5.41) is 9.65. The van der Waals surface area contributed by atoms with Crippen molar-refractivity contribution in [3.05, 3.63) is 36.5 Å². The highest BCUT2D eigenvalue weighted by Crippen LogP contribution is 2.09. The van der Waals surface area contributed by atoms with Gasteiger partial charge in [0.25, 0.3) is 0 Å². The van der Waals surface area contributed by atoms with Crippen LogP contribution in [0.4, 0.5) is 0 Å². The summed E-state index contributed by atoms with van der Waals surface area (Å²) >= 11 is 0. The molecule has 0 fully saturated rings. The Morgan fingerprint density at radius 1 is 0.900 bits per heavy atom. The average Bonchev–Trinajstić information content (AvgIpc) is 2.72. The lowest BCUT2D eigenvalue weighted by molar-refractivity contribution is -0.300. The maximum Gasteiger partial charge on any atom is 0.305 e. The van der Waals surface area contributed by atoms with Crippen LogP contribution in [0.15, 0.2) is 36.5 Å². The first kappa shape index (κ1) is 28.6. The predicted molar refractivity (Wildman–Crippen MR) is 123 cm³/mol. The molecular weight excluding hydrogens is 380 g/mol. The van der Waals surface area contributed by atoms with Crippen LogP contribution in [0.3, 0.4) is 0 Å². The molecule has 174 valence electrons. The van der Waals surface area contributed by atoms with Gasteiger partial charge in [0.2, 0.25) is 0 Å². The summed E-state index contributed by atoms with van der Waals surface area (Å²) in [7, 11) is 0. The lowest BCUT2D eigenvalue weighted by Gasteiger charge is -2.11. The van der Waals surface area contributed by atoms with E-state index in [1.807, 2.05) is 6.92 Å². The molecule has 0 radical (unpaired) electrons. The standard InChI is InChI=1S/C25H44O5/c1-4-5-6-7-8-9-10-11-12-13-14-15-16-17-18-19-25(27)28-21-24(26)22-30-29-20-23(2)3/h8-9,11-12,24,26H,2,4-7,10,13-22H2,1,3H3/b9-8+,12-11+. The number of aliphatic hydroxyl groups excluding tert-OH is 1. The number of unbranched alkanes of at least 4 members (excludes halogenated alkanes) is 8. The topological polar surface area (TPSA) is 65.0 Å². The number of aliphatic hydroxyl groups is 1. The van der Waals surface area contributed by atoms with E-state index in [0.29, 0.717) is 6.42 Å². The van der Waals surface area contributed by atoms with Crippen molar-refractivity contribution >= 4 is 5.97 Å². The second kappa shape index (κ2) is 22.3. The fourth-order valence-electron chi connectivity index (χ4n) is 2.66. The van der Waals surface area contributed by atoms with Crippen molar-refractivity contribution in [1.29, 1.82) is 0 Å². The Morgan fingerprint density at radius 2 is 1.53 bits per heavy atom. The molecule has 0 rings (SSSR count). The average molecular weight is 425 g/mol. The van der Waals surface area contributed by atoms with Crippen molar-refractivity contribution in [3.8, 4) is 0 Å². The molecule has 1 atom stereocenters. The Kier molecular flexibility index (Phi) is 21.2. The number of carbonyl (C=O) groups is 1. The van der Waals surface area contributed by atoms with Crippen molar-refractivity contribution in [2.45, 2.75) is 97.0 Å². The molecule has 0 aliphatic rings. The zero-order chi connectivity index (χ0) is 22.3. The molecule has 0 spiro atoms. The van der Waals surface area contributed by atoms with Crippen molar-refractivity contribution in [2.24, 2.45) is 0 Å². The molecule has 0 bridgehead atoms. The molecule has 5 heteroatoms. The first-order valence-corrected chi connectivity index (χ1v) is 11.6.